The predicted octanol–water partition coefficient (Wildman–Crippen LogP) is 5.19. The number of hydrogen-bond donors (Lipinski definition) is 1. The Kier molecular flexibility index (Phi) is 6.82. The molecule has 6 heteroatoms. The highest BCUT2D eigenvalue weighted by Gasteiger charge is 2.47. The highest BCUT2D eigenvalue weighted by molar-refractivity contribution is 5.97. The van der Waals surface area contributed by atoms with Gasteiger partial charge in [-0.25, -0.2) is 9.97 Å². The molecule has 0 radical (unpaired) electrons. The van der Waals surface area contributed by atoms with Gasteiger partial charge in [-0.3, -0.25) is 4.79 Å². The summed E-state index contributed by atoms with van der Waals surface area (Å²) >= 11 is 0. The second-order valence-electron chi connectivity index (χ2n) is 10.1. The molecule has 3 aromatic rings. The van der Waals surface area contributed by atoms with Crippen LogP contribution in [-0.4, -0.2) is 34.6 Å². The molecule has 2 saturated carbocycles. The second-order valence-corrected chi connectivity index (χ2v) is 10.1. The summed E-state index contributed by atoms with van der Waals surface area (Å²) in [7, 11) is 0. The van der Waals surface area contributed by atoms with Gasteiger partial charge in [0.25, 0.3) is 0 Å². The number of carbonyl (C=O) groups excluding carboxylic acids is 1. The number of carbonyl (C=O) groups is 1. The van der Waals surface area contributed by atoms with Gasteiger partial charge in [-0.2, -0.15) is 0 Å². The Hall–Kier alpha value is -3.25. The summed E-state index contributed by atoms with van der Waals surface area (Å²) in [6, 6.07) is 18.3. The van der Waals surface area contributed by atoms with E-state index in [4.69, 9.17) is 10.5 Å². The number of amides is 1. The molecule has 35 heavy (non-hydrogen) atoms. The Morgan fingerprint density at radius 1 is 1.06 bits per heavy atom. The Bertz CT molecular complexity index is 1130. The molecule has 2 aliphatic rings. The minimum Gasteiger partial charge on any atom is -0.491 e. The van der Waals surface area contributed by atoms with E-state index in [1.807, 2.05) is 49.1 Å². The third-order valence-electron chi connectivity index (χ3n) is 7.25. The fourth-order valence-electron chi connectivity index (χ4n) is 4.90. The van der Waals surface area contributed by atoms with E-state index in [1.54, 1.807) is 12.5 Å². The molecule has 2 N–H and O–H groups in total. The Labute approximate surface area is 207 Å². The fourth-order valence-corrected chi connectivity index (χ4v) is 4.90. The van der Waals surface area contributed by atoms with Gasteiger partial charge in [0.05, 0.1) is 6.10 Å². The maximum Gasteiger partial charge on any atom is 0.230 e. The van der Waals surface area contributed by atoms with Gasteiger partial charge >= 0.3 is 0 Å². The summed E-state index contributed by atoms with van der Waals surface area (Å²) in [5.41, 5.74) is 10.6. The van der Waals surface area contributed by atoms with Crippen molar-refractivity contribution in [1.29, 1.82) is 0 Å². The van der Waals surface area contributed by atoms with Crippen LogP contribution in [0.15, 0.2) is 67.1 Å². The van der Waals surface area contributed by atoms with Gasteiger partial charge in [0.2, 0.25) is 5.91 Å². The number of ether oxygens (including phenoxy) is 1. The summed E-state index contributed by atoms with van der Waals surface area (Å²) in [6.07, 6.45) is 7.83. The van der Waals surface area contributed by atoms with Gasteiger partial charge in [-0.05, 0) is 80.5 Å². The van der Waals surface area contributed by atoms with E-state index in [0.29, 0.717) is 12.5 Å². The molecule has 0 spiro atoms. The number of hydrogen-bond acceptors (Lipinski definition) is 5. The van der Waals surface area contributed by atoms with Crippen molar-refractivity contribution < 1.29 is 9.53 Å². The van der Waals surface area contributed by atoms with E-state index in [0.717, 1.165) is 47.5 Å². The van der Waals surface area contributed by atoms with Crippen LogP contribution >= 0.6 is 0 Å². The standard InChI is InChI=1S/C29H34N4O2/c1-19(2)35-24-12-8-21(9-13-24)20-6-10-23(11-7-20)33(17-27(30)22-4-3-5-22)29(34)26-16-25(26)28-14-15-31-18-32-28/h6-15,18-19,22,25-27H,3-5,16-17,30H2,1-2H3/t25-,26-,27-/m1/s1. The van der Waals surface area contributed by atoms with Gasteiger partial charge in [0.15, 0.2) is 0 Å². The minimum atomic E-state index is -0.0494. The van der Waals surface area contributed by atoms with E-state index in [9.17, 15) is 4.79 Å². The number of rotatable bonds is 9. The normalized spacial score (nSPS) is 20.2. The second kappa shape index (κ2) is 10.2. The molecular formula is C29H34N4O2. The summed E-state index contributed by atoms with van der Waals surface area (Å²) in [4.78, 5) is 23.9. The molecule has 182 valence electrons. The third kappa shape index (κ3) is 5.38. The van der Waals surface area contributed by atoms with E-state index in [1.165, 1.54) is 6.42 Å². The summed E-state index contributed by atoms with van der Waals surface area (Å²) in [5, 5.41) is 0. The van der Waals surface area contributed by atoms with Crippen LogP contribution < -0.4 is 15.4 Å². The smallest absolute Gasteiger partial charge is 0.230 e. The largest absolute Gasteiger partial charge is 0.491 e. The molecule has 0 unspecified atom stereocenters. The van der Waals surface area contributed by atoms with Crippen LogP contribution in [0.3, 0.4) is 0 Å². The highest BCUT2D eigenvalue weighted by atomic mass is 16.5. The zero-order chi connectivity index (χ0) is 24.4. The van der Waals surface area contributed by atoms with Crippen LogP contribution in [-0.2, 0) is 4.79 Å². The molecular weight excluding hydrogens is 436 g/mol. The average molecular weight is 471 g/mol. The maximum atomic E-state index is 13.6. The van der Waals surface area contributed by atoms with Crippen molar-refractivity contribution in [2.45, 2.75) is 57.6 Å². The average Bonchev–Trinajstić information content (AvgIpc) is 3.63. The molecule has 2 aliphatic carbocycles. The molecule has 0 saturated heterocycles. The molecule has 1 aromatic heterocycles. The van der Waals surface area contributed by atoms with Crippen molar-refractivity contribution >= 4 is 11.6 Å². The van der Waals surface area contributed by atoms with Gasteiger partial charge in [-0.15, -0.1) is 0 Å². The third-order valence-corrected chi connectivity index (χ3v) is 7.25. The van der Waals surface area contributed by atoms with Crippen LogP contribution in [0.5, 0.6) is 5.75 Å². The zero-order valence-corrected chi connectivity index (χ0v) is 20.5. The first-order valence-electron chi connectivity index (χ1n) is 12.7. The number of benzene rings is 2. The SMILES string of the molecule is CC(C)Oc1ccc(-c2ccc(N(C[C@@H](N)C3CCC3)C(=O)[C@@H]3C[C@H]3c3ccncn3)cc2)cc1. The Morgan fingerprint density at radius 3 is 2.31 bits per heavy atom. The number of anilines is 1. The zero-order valence-electron chi connectivity index (χ0n) is 20.5. The van der Waals surface area contributed by atoms with Crippen LogP contribution in [0, 0.1) is 11.8 Å². The fraction of sp³-hybridized carbons (Fsp3) is 0.414. The molecule has 1 heterocycles. The quantitative estimate of drug-likeness (QED) is 0.465. The van der Waals surface area contributed by atoms with Crippen LogP contribution in [0.4, 0.5) is 5.69 Å². The molecule has 6 nitrogen and oxygen atoms in total. The van der Waals surface area contributed by atoms with Gasteiger partial charge in [-0.1, -0.05) is 30.7 Å². The summed E-state index contributed by atoms with van der Waals surface area (Å²) in [6.45, 7) is 4.60. The van der Waals surface area contributed by atoms with Crippen molar-refractivity contribution in [2.75, 3.05) is 11.4 Å². The van der Waals surface area contributed by atoms with Gasteiger partial charge < -0.3 is 15.4 Å². The van der Waals surface area contributed by atoms with E-state index < -0.39 is 0 Å². The van der Waals surface area contributed by atoms with Crippen molar-refractivity contribution in [2.24, 2.45) is 17.6 Å². The molecule has 2 fully saturated rings. The summed E-state index contributed by atoms with van der Waals surface area (Å²) < 4.78 is 5.76. The molecule has 3 atom stereocenters. The van der Waals surface area contributed by atoms with Crippen molar-refractivity contribution in [3.63, 3.8) is 0 Å². The minimum absolute atomic E-state index is 0.00266. The first-order chi connectivity index (χ1) is 17.0. The molecule has 5 rings (SSSR count). The maximum absolute atomic E-state index is 13.6. The van der Waals surface area contributed by atoms with Crippen molar-refractivity contribution in [3.05, 3.63) is 72.8 Å². The Morgan fingerprint density at radius 2 is 1.74 bits per heavy atom. The van der Waals surface area contributed by atoms with Crippen LogP contribution in [0.25, 0.3) is 11.1 Å². The molecule has 2 aromatic carbocycles. The van der Waals surface area contributed by atoms with E-state index >= 15 is 0 Å². The Balaban J connectivity index is 1.34. The van der Waals surface area contributed by atoms with Crippen molar-refractivity contribution in [1.82, 2.24) is 9.97 Å². The summed E-state index contributed by atoms with van der Waals surface area (Å²) in [5.74, 6) is 1.63. The molecule has 1 amide bonds. The van der Waals surface area contributed by atoms with E-state index in [2.05, 4.69) is 34.2 Å². The lowest BCUT2D eigenvalue weighted by molar-refractivity contribution is -0.120. The molecule has 0 aliphatic heterocycles. The van der Waals surface area contributed by atoms with Gasteiger partial charge in [0, 0.05) is 42.0 Å². The highest BCUT2D eigenvalue weighted by Crippen LogP contribution is 2.48. The lowest BCUT2D eigenvalue weighted by Crippen LogP contribution is -2.47. The first-order valence-corrected chi connectivity index (χ1v) is 12.7. The van der Waals surface area contributed by atoms with E-state index in [-0.39, 0.29) is 29.9 Å². The van der Waals surface area contributed by atoms with Crippen LogP contribution in [0.2, 0.25) is 0 Å². The lowest BCUT2D eigenvalue weighted by Gasteiger charge is -2.35. The number of nitrogens with two attached hydrogens (primary N) is 1. The van der Waals surface area contributed by atoms with Crippen molar-refractivity contribution in [3.8, 4) is 16.9 Å². The topological polar surface area (TPSA) is 81.3 Å². The number of nitrogens with zero attached hydrogens (tertiary/aromatic N) is 3. The molecule has 0 bridgehead atoms. The number of aromatic nitrogens is 2. The van der Waals surface area contributed by atoms with Gasteiger partial charge in [0.1, 0.15) is 12.1 Å². The predicted molar refractivity (Wildman–Crippen MR) is 138 cm³/mol. The monoisotopic (exact) mass is 470 g/mol. The first kappa shape index (κ1) is 23.5. The lowest BCUT2D eigenvalue weighted by atomic mass is 9.80. The van der Waals surface area contributed by atoms with Crippen LogP contribution in [0.1, 0.15) is 51.1 Å².